The van der Waals surface area contributed by atoms with Crippen molar-refractivity contribution in [1.29, 1.82) is 0 Å². The lowest BCUT2D eigenvalue weighted by atomic mass is 9.84. The van der Waals surface area contributed by atoms with E-state index in [-0.39, 0.29) is 18.0 Å². The van der Waals surface area contributed by atoms with Gasteiger partial charge in [0.15, 0.2) is 0 Å². The Morgan fingerprint density at radius 2 is 1.75 bits per heavy atom. The molecular weight excluding hydrogens is 520 g/mol. The van der Waals surface area contributed by atoms with Crippen LogP contribution in [-0.2, 0) is 27.3 Å². The van der Waals surface area contributed by atoms with Gasteiger partial charge in [-0.25, -0.2) is 4.79 Å². The Morgan fingerprint density at radius 3 is 2.45 bits per heavy atom. The minimum Gasteiger partial charge on any atom is -0.497 e. The lowest BCUT2D eigenvalue weighted by molar-refractivity contribution is -0.119. The van der Waals surface area contributed by atoms with Crippen molar-refractivity contribution in [3.8, 4) is 5.75 Å². The van der Waals surface area contributed by atoms with E-state index in [1.165, 1.54) is 41.7 Å². The molecule has 4 rings (SSSR count). The van der Waals surface area contributed by atoms with E-state index in [0.29, 0.717) is 29.6 Å². The quantitative estimate of drug-likeness (QED) is 0.137. The lowest BCUT2D eigenvalue weighted by Gasteiger charge is -2.22. The van der Waals surface area contributed by atoms with E-state index in [9.17, 15) is 9.59 Å². The summed E-state index contributed by atoms with van der Waals surface area (Å²) in [6.07, 6.45) is 9.04. The molecule has 1 heterocycles. The molecule has 1 saturated carbocycles. The van der Waals surface area contributed by atoms with Crippen LogP contribution >= 0.6 is 11.3 Å². The zero-order valence-electron chi connectivity index (χ0n) is 24.0. The summed E-state index contributed by atoms with van der Waals surface area (Å²) in [6, 6.07) is 20.5. The molecule has 1 aromatic heterocycles. The molecule has 0 saturated heterocycles. The van der Waals surface area contributed by atoms with Crippen molar-refractivity contribution in [2.24, 2.45) is 5.92 Å². The molecule has 0 spiro atoms. The Balaban J connectivity index is 1.37. The first-order chi connectivity index (χ1) is 19.5. The van der Waals surface area contributed by atoms with Gasteiger partial charge in [0.05, 0.1) is 26.9 Å². The highest BCUT2D eigenvalue weighted by atomic mass is 32.1. The number of ketones is 1. The van der Waals surface area contributed by atoms with Crippen molar-refractivity contribution < 1.29 is 23.8 Å². The molecule has 214 valence electrons. The molecule has 0 amide bonds. The average molecular weight is 563 g/mol. The number of rotatable bonds is 15. The summed E-state index contributed by atoms with van der Waals surface area (Å²) in [5.74, 6) is 1.27. The number of unbranched alkanes of at least 4 members (excludes halogenated alkanes) is 2. The van der Waals surface area contributed by atoms with Crippen LogP contribution in [0.2, 0.25) is 0 Å². The summed E-state index contributed by atoms with van der Waals surface area (Å²) in [5, 5.41) is 0. The number of benzene rings is 2. The fourth-order valence-corrected chi connectivity index (χ4v) is 6.67. The van der Waals surface area contributed by atoms with Crippen molar-refractivity contribution in [2.45, 2.75) is 83.3 Å². The summed E-state index contributed by atoms with van der Waals surface area (Å²) < 4.78 is 16.5. The molecule has 0 N–H and O–H groups in total. The van der Waals surface area contributed by atoms with Gasteiger partial charge in [0.1, 0.15) is 16.4 Å². The lowest BCUT2D eigenvalue weighted by Crippen LogP contribution is -2.13. The molecule has 0 aliphatic heterocycles. The van der Waals surface area contributed by atoms with Crippen molar-refractivity contribution in [2.75, 3.05) is 14.2 Å². The van der Waals surface area contributed by atoms with E-state index in [4.69, 9.17) is 14.2 Å². The normalized spacial score (nSPS) is 17.6. The Bertz CT molecular complexity index is 1210. The highest BCUT2D eigenvalue weighted by Gasteiger charge is 2.35. The van der Waals surface area contributed by atoms with Crippen LogP contribution in [0.15, 0.2) is 60.7 Å². The predicted molar refractivity (Wildman–Crippen MR) is 160 cm³/mol. The average Bonchev–Trinajstić information content (AvgIpc) is 3.61. The smallest absolute Gasteiger partial charge is 0.348 e. The van der Waals surface area contributed by atoms with Crippen LogP contribution in [0.5, 0.6) is 5.75 Å². The number of hydrogen-bond acceptors (Lipinski definition) is 6. The molecule has 3 aromatic rings. The fraction of sp³-hybridized carbons (Fsp3) is 0.471. The molecule has 1 unspecified atom stereocenters. The molecule has 0 bridgehead atoms. The standard InChI is InChI=1S/C34H42O5S/c1-4-5-6-10-31(39-23-24-11-18-28(37-2)19-12-24)25-13-15-27(16-14-25)33-26(17-21-30(33)35)8-7-9-29-20-22-32(40-29)34(36)38-3/h11-16,18-20,22,26,31,33H,4-10,17,21,23H2,1-3H3/t26-,31?,33-/m0/s1. The minimum absolute atomic E-state index is 0.0261. The first kappa shape index (κ1) is 30.0. The Morgan fingerprint density at radius 1 is 0.975 bits per heavy atom. The summed E-state index contributed by atoms with van der Waals surface area (Å²) in [5.41, 5.74) is 3.43. The molecule has 40 heavy (non-hydrogen) atoms. The van der Waals surface area contributed by atoms with Crippen molar-refractivity contribution in [1.82, 2.24) is 0 Å². The van der Waals surface area contributed by atoms with Gasteiger partial charge in [-0.1, -0.05) is 62.6 Å². The van der Waals surface area contributed by atoms with Crippen LogP contribution in [0.3, 0.4) is 0 Å². The second-order valence-electron chi connectivity index (χ2n) is 10.7. The second-order valence-corrected chi connectivity index (χ2v) is 11.9. The third kappa shape index (κ3) is 8.05. The first-order valence-electron chi connectivity index (χ1n) is 14.6. The predicted octanol–water partition coefficient (Wildman–Crippen LogP) is 8.47. The van der Waals surface area contributed by atoms with Gasteiger partial charge in [0.25, 0.3) is 0 Å². The SMILES string of the molecule is CCCCCC(OCc1ccc(OC)cc1)c1ccc([C@H]2C(=O)CC[C@@H]2CCCc2ccc(C(=O)OC)s2)cc1. The summed E-state index contributed by atoms with van der Waals surface area (Å²) >= 11 is 1.50. The number of aryl methyl sites for hydroxylation is 1. The van der Waals surface area contributed by atoms with E-state index in [0.717, 1.165) is 55.4 Å². The van der Waals surface area contributed by atoms with E-state index < -0.39 is 0 Å². The number of carbonyl (C=O) groups is 2. The third-order valence-electron chi connectivity index (χ3n) is 7.97. The van der Waals surface area contributed by atoms with Crippen molar-refractivity contribution in [3.05, 3.63) is 87.1 Å². The first-order valence-corrected chi connectivity index (χ1v) is 15.4. The molecule has 6 heteroatoms. The summed E-state index contributed by atoms with van der Waals surface area (Å²) in [7, 11) is 3.09. The number of methoxy groups -OCH3 is 2. The molecule has 5 nitrogen and oxygen atoms in total. The Kier molecular flexibility index (Phi) is 11.4. The minimum atomic E-state index is -0.278. The Labute approximate surface area is 242 Å². The van der Waals surface area contributed by atoms with Crippen LogP contribution in [0.25, 0.3) is 0 Å². The van der Waals surface area contributed by atoms with E-state index >= 15 is 0 Å². The van der Waals surface area contributed by atoms with Crippen LogP contribution in [0.1, 0.15) is 102 Å². The number of Topliss-reactive ketones (excluding diaryl/α,β-unsaturated/α-hetero) is 1. The van der Waals surface area contributed by atoms with Gasteiger partial charge in [-0.05, 0) is 79.0 Å². The highest BCUT2D eigenvalue weighted by molar-refractivity contribution is 7.13. The number of ether oxygens (including phenoxy) is 3. The number of hydrogen-bond donors (Lipinski definition) is 0. The van der Waals surface area contributed by atoms with Gasteiger partial charge in [-0.2, -0.15) is 0 Å². The van der Waals surface area contributed by atoms with Gasteiger partial charge in [-0.15, -0.1) is 11.3 Å². The fourth-order valence-electron chi connectivity index (χ4n) is 5.71. The second kappa shape index (κ2) is 15.2. The van der Waals surface area contributed by atoms with E-state index in [2.05, 4.69) is 31.2 Å². The van der Waals surface area contributed by atoms with Gasteiger partial charge in [-0.3, -0.25) is 4.79 Å². The molecule has 1 aliphatic rings. The number of thiophene rings is 1. The molecular formula is C34H42O5S. The van der Waals surface area contributed by atoms with E-state index in [1.807, 2.05) is 36.4 Å². The maximum Gasteiger partial charge on any atom is 0.348 e. The van der Waals surface area contributed by atoms with Crippen molar-refractivity contribution in [3.63, 3.8) is 0 Å². The zero-order chi connectivity index (χ0) is 28.3. The van der Waals surface area contributed by atoms with Gasteiger partial charge in [0, 0.05) is 17.2 Å². The zero-order valence-corrected chi connectivity index (χ0v) is 24.8. The van der Waals surface area contributed by atoms with Gasteiger partial charge < -0.3 is 14.2 Å². The maximum absolute atomic E-state index is 12.9. The highest BCUT2D eigenvalue weighted by Crippen LogP contribution is 2.40. The summed E-state index contributed by atoms with van der Waals surface area (Å²) in [4.78, 5) is 26.5. The largest absolute Gasteiger partial charge is 0.497 e. The Hall–Kier alpha value is -2.96. The monoisotopic (exact) mass is 562 g/mol. The molecule has 1 fully saturated rings. The summed E-state index contributed by atoms with van der Waals surface area (Å²) in [6.45, 7) is 2.77. The molecule has 1 aliphatic carbocycles. The van der Waals surface area contributed by atoms with Crippen LogP contribution in [0.4, 0.5) is 0 Å². The van der Waals surface area contributed by atoms with Gasteiger partial charge >= 0.3 is 5.97 Å². The maximum atomic E-state index is 12.9. The van der Waals surface area contributed by atoms with E-state index in [1.54, 1.807) is 7.11 Å². The molecule has 2 aromatic carbocycles. The van der Waals surface area contributed by atoms with Crippen LogP contribution in [0, 0.1) is 5.92 Å². The topological polar surface area (TPSA) is 61.8 Å². The van der Waals surface area contributed by atoms with Crippen LogP contribution < -0.4 is 4.74 Å². The number of carbonyl (C=O) groups excluding carboxylic acids is 2. The van der Waals surface area contributed by atoms with Gasteiger partial charge in [0.2, 0.25) is 0 Å². The third-order valence-corrected chi connectivity index (χ3v) is 9.10. The molecule has 3 atom stereocenters. The molecule has 0 radical (unpaired) electrons. The van der Waals surface area contributed by atoms with Crippen molar-refractivity contribution >= 4 is 23.1 Å². The van der Waals surface area contributed by atoms with Crippen LogP contribution in [-0.4, -0.2) is 26.0 Å². The number of esters is 1.